The van der Waals surface area contributed by atoms with E-state index in [4.69, 9.17) is 0 Å². The van der Waals surface area contributed by atoms with Crippen molar-refractivity contribution in [3.8, 4) is 0 Å². The summed E-state index contributed by atoms with van der Waals surface area (Å²) in [5, 5.41) is 3.38. The Balaban J connectivity index is 1.81. The van der Waals surface area contributed by atoms with E-state index in [-0.39, 0.29) is 11.3 Å². The van der Waals surface area contributed by atoms with Crippen LogP contribution in [0.4, 0.5) is 0 Å². The molecule has 1 saturated carbocycles. The zero-order valence-electron chi connectivity index (χ0n) is 10.5. The zero-order chi connectivity index (χ0) is 12.3. The van der Waals surface area contributed by atoms with Gasteiger partial charge in [-0.2, -0.15) is 11.8 Å². The van der Waals surface area contributed by atoms with Gasteiger partial charge in [-0.15, -0.1) is 0 Å². The topological polar surface area (TPSA) is 46.2 Å². The van der Waals surface area contributed by atoms with Crippen molar-refractivity contribution in [2.75, 3.05) is 24.3 Å². The van der Waals surface area contributed by atoms with Crippen LogP contribution in [0, 0.1) is 5.92 Å². The number of hydrogen-bond acceptors (Lipinski definition) is 4. The van der Waals surface area contributed by atoms with Gasteiger partial charge < -0.3 is 5.32 Å². The summed E-state index contributed by atoms with van der Waals surface area (Å²) in [5.74, 6) is 3.30. The maximum absolute atomic E-state index is 11.7. The summed E-state index contributed by atoms with van der Waals surface area (Å²) in [6, 6.07) is 0.208. The van der Waals surface area contributed by atoms with Gasteiger partial charge in [-0.1, -0.05) is 6.42 Å². The molecule has 100 valence electrons. The highest BCUT2D eigenvalue weighted by molar-refractivity contribution is 7.99. The molecular weight excluding hydrogens is 254 g/mol. The summed E-state index contributed by atoms with van der Waals surface area (Å²) in [6.45, 7) is 1.01. The molecule has 0 aromatic heterocycles. The molecule has 3 nitrogen and oxygen atoms in total. The first-order valence-corrected chi connectivity index (χ1v) is 9.68. The molecule has 1 N–H and O–H groups in total. The first-order chi connectivity index (χ1) is 8.07. The first-order valence-electron chi connectivity index (χ1n) is 6.57. The molecule has 1 saturated heterocycles. The van der Waals surface area contributed by atoms with E-state index in [1.54, 1.807) is 0 Å². The van der Waals surface area contributed by atoms with E-state index in [2.05, 4.69) is 5.32 Å². The minimum atomic E-state index is -2.87. The Kier molecular flexibility index (Phi) is 4.78. The number of hydrogen-bond donors (Lipinski definition) is 1. The predicted molar refractivity (Wildman–Crippen MR) is 74.3 cm³/mol. The molecule has 5 heteroatoms. The van der Waals surface area contributed by atoms with Gasteiger partial charge in [-0.3, -0.25) is 0 Å². The highest BCUT2D eigenvalue weighted by atomic mass is 32.2. The van der Waals surface area contributed by atoms with Gasteiger partial charge in [0.15, 0.2) is 9.84 Å². The van der Waals surface area contributed by atoms with E-state index in [0.29, 0.717) is 0 Å². The van der Waals surface area contributed by atoms with Crippen molar-refractivity contribution in [1.82, 2.24) is 5.32 Å². The van der Waals surface area contributed by atoms with Crippen LogP contribution >= 0.6 is 11.8 Å². The minimum Gasteiger partial charge on any atom is -0.312 e. The monoisotopic (exact) mass is 277 g/mol. The lowest BCUT2D eigenvalue weighted by atomic mass is 10.0. The molecule has 0 bridgehead atoms. The Morgan fingerprint density at radius 2 is 1.88 bits per heavy atom. The summed E-state index contributed by atoms with van der Waals surface area (Å²) in [6.07, 6.45) is 6.88. The number of thioether (sulfide) groups is 1. The van der Waals surface area contributed by atoms with Gasteiger partial charge in [0.05, 0.1) is 5.25 Å². The zero-order valence-corrected chi connectivity index (χ0v) is 12.2. The third-order valence-corrected chi connectivity index (χ3v) is 6.72. The second-order valence-corrected chi connectivity index (χ2v) is 8.86. The third-order valence-electron chi connectivity index (χ3n) is 4.01. The molecule has 2 fully saturated rings. The van der Waals surface area contributed by atoms with Crippen molar-refractivity contribution in [2.45, 2.75) is 43.4 Å². The van der Waals surface area contributed by atoms with Gasteiger partial charge in [0.2, 0.25) is 0 Å². The molecular formula is C12H23NO2S2. The largest absolute Gasteiger partial charge is 0.312 e. The third kappa shape index (κ3) is 3.86. The van der Waals surface area contributed by atoms with Gasteiger partial charge >= 0.3 is 0 Å². The van der Waals surface area contributed by atoms with Gasteiger partial charge in [0, 0.05) is 12.3 Å². The van der Waals surface area contributed by atoms with Gasteiger partial charge in [-0.25, -0.2) is 8.42 Å². The van der Waals surface area contributed by atoms with Crippen molar-refractivity contribution < 1.29 is 8.42 Å². The molecule has 1 aliphatic carbocycles. The van der Waals surface area contributed by atoms with Gasteiger partial charge in [-0.05, 0) is 49.7 Å². The molecule has 2 rings (SSSR count). The Morgan fingerprint density at radius 3 is 2.53 bits per heavy atom. The molecule has 1 aliphatic heterocycles. The Morgan fingerprint density at radius 1 is 1.18 bits per heavy atom. The molecule has 0 radical (unpaired) electrons. The van der Waals surface area contributed by atoms with E-state index in [1.165, 1.54) is 30.6 Å². The fourth-order valence-corrected chi connectivity index (χ4v) is 5.57. The summed E-state index contributed by atoms with van der Waals surface area (Å²) >= 11 is 2.04. The van der Waals surface area contributed by atoms with Crippen LogP contribution in [-0.4, -0.2) is 44.0 Å². The lowest BCUT2D eigenvalue weighted by Gasteiger charge is -2.25. The Hall–Kier alpha value is 0.260. The van der Waals surface area contributed by atoms with Crippen LogP contribution in [0.15, 0.2) is 0 Å². The normalized spacial score (nSPS) is 31.8. The first kappa shape index (κ1) is 13.7. The average molecular weight is 277 g/mol. The second-order valence-electron chi connectivity index (χ2n) is 5.37. The summed E-state index contributed by atoms with van der Waals surface area (Å²) in [5.41, 5.74) is 0. The predicted octanol–water partition coefficient (Wildman–Crippen LogP) is 1.68. The van der Waals surface area contributed by atoms with Crippen LogP contribution in [0.2, 0.25) is 0 Å². The van der Waals surface area contributed by atoms with Crippen LogP contribution in [0.5, 0.6) is 0 Å². The fourth-order valence-electron chi connectivity index (χ4n) is 2.94. The smallest absolute Gasteiger partial charge is 0.151 e. The maximum atomic E-state index is 11.7. The average Bonchev–Trinajstić information content (AvgIpc) is 2.75. The summed E-state index contributed by atoms with van der Waals surface area (Å²) < 4.78 is 23.3. The molecule has 1 heterocycles. The van der Waals surface area contributed by atoms with Crippen LogP contribution in [0.1, 0.15) is 32.1 Å². The maximum Gasteiger partial charge on any atom is 0.151 e. The van der Waals surface area contributed by atoms with Crippen LogP contribution < -0.4 is 5.32 Å². The molecule has 2 unspecified atom stereocenters. The number of nitrogens with one attached hydrogen (secondary N) is 1. The van der Waals surface area contributed by atoms with E-state index < -0.39 is 9.84 Å². The van der Waals surface area contributed by atoms with Crippen molar-refractivity contribution in [3.63, 3.8) is 0 Å². The number of sulfone groups is 1. The van der Waals surface area contributed by atoms with Crippen molar-refractivity contribution >= 4 is 21.6 Å². The van der Waals surface area contributed by atoms with Gasteiger partial charge in [0.1, 0.15) is 0 Å². The van der Waals surface area contributed by atoms with E-state index in [1.807, 2.05) is 11.8 Å². The summed E-state index contributed by atoms with van der Waals surface area (Å²) in [7, 11) is -2.87. The second kappa shape index (κ2) is 5.93. The van der Waals surface area contributed by atoms with Crippen molar-refractivity contribution in [2.24, 2.45) is 5.92 Å². The lowest BCUT2D eigenvalue weighted by molar-refractivity contribution is 0.407. The molecule has 17 heavy (non-hydrogen) atoms. The lowest BCUT2D eigenvalue weighted by Crippen LogP contribution is -2.42. The molecule has 2 atom stereocenters. The van der Waals surface area contributed by atoms with E-state index >= 15 is 0 Å². The van der Waals surface area contributed by atoms with Crippen molar-refractivity contribution in [1.29, 1.82) is 0 Å². The van der Waals surface area contributed by atoms with Crippen LogP contribution in [-0.2, 0) is 9.84 Å². The highest BCUT2D eigenvalue weighted by Crippen LogP contribution is 2.26. The number of rotatable bonds is 4. The van der Waals surface area contributed by atoms with Crippen LogP contribution in [0.25, 0.3) is 0 Å². The van der Waals surface area contributed by atoms with Crippen molar-refractivity contribution in [3.05, 3.63) is 0 Å². The quantitative estimate of drug-likeness (QED) is 0.849. The summed E-state index contributed by atoms with van der Waals surface area (Å²) in [4.78, 5) is 0. The fraction of sp³-hybridized carbons (Fsp3) is 1.00. The van der Waals surface area contributed by atoms with E-state index in [0.717, 1.165) is 31.7 Å². The molecule has 2 aliphatic rings. The molecule has 0 aromatic rings. The molecule has 0 spiro atoms. The Labute approximate surface area is 109 Å². The molecule has 0 aromatic carbocycles. The molecule has 0 amide bonds. The highest BCUT2D eigenvalue weighted by Gasteiger charge is 2.34. The minimum absolute atomic E-state index is 0.138. The van der Waals surface area contributed by atoms with E-state index in [9.17, 15) is 8.42 Å². The SMILES string of the molecule is CS(=O)(=O)C1CCCC1NCC1CCSCC1. The Bertz CT molecular complexity index is 336. The van der Waals surface area contributed by atoms with Gasteiger partial charge in [0.25, 0.3) is 0 Å². The standard InChI is InChI=1S/C12H23NO2S2/c1-17(14,15)12-4-2-3-11(12)13-9-10-5-7-16-8-6-10/h10-13H,2-9H2,1H3. The van der Waals surface area contributed by atoms with Crippen LogP contribution in [0.3, 0.4) is 0 Å².